The third-order valence-corrected chi connectivity index (χ3v) is 22.9. The van der Waals surface area contributed by atoms with E-state index in [0.29, 0.717) is 63.4 Å². The Labute approximate surface area is 589 Å². The molecule has 0 aromatic rings. The molecule has 5 rings (SSSR count). The molecule has 19 nitrogen and oxygen atoms in total. The Bertz CT molecular complexity index is 2320. The van der Waals surface area contributed by atoms with Gasteiger partial charge in [0.2, 0.25) is 0 Å². The third-order valence-electron chi connectivity index (χ3n) is 22.9. The number of esters is 2. The lowest BCUT2D eigenvalue weighted by molar-refractivity contribution is -0.158. The van der Waals surface area contributed by atoms with Crippen molar-refractivity contribution in [3.63, 3.8) is 0 Å². The van der Waals surface area contributed by atoms with Crippen LogP contribution in [0.2, 0.25) is 0 Å². The number of hydrogen-bond acceptors (Lipinski definition) is 19. The first-order valence-electron chi connectivity index (χ1n) is 37.4. The van der Waals surface area contributed by atoms with E-state index in [2.05, 4.69) is 27.7 Å². The molecule has 5 aliphatic heterocycles. The Balaban J connectivity index is 1.36. The molecule has 0 amide bonds. The fourth-order valence-electron chi connectivity index (χ4n) is 15.5. The highest BCUT2D eigenvalue weighted by molar-refractivity contribution is 5.83. The second kappa shape index (κ2) is 43.1. The summed E-state index contributed by atoms with van der Waals surface area (Å²) in [5, 5.41) is 82.6. The zero-order valence-corrected chi connectivity index (χ0v) is 62.9. The molecule has 0 saturated carbocycles. The maximum Gasteiger partial charge on any atom is 0.331 e. The molecule has 98 heavy (non-hydrogen) atoms. The number of carbonyl (C=O) groups is 2. The van der Waals surface area contributed by atoms with Gasteiger partial charge >= 0.3 is 11.9 Å². The molecule has 564 valence electrons. The number of rotatable bonds is 16. The maximum absolute atomic E-state index is 14.0. The lowest BCUT2D eigenvalue weighted by Gasteiger charge is -2.39. The van der Waals surface area contributed by atoms with Crippen LogP contribution in [0.1, 0.15) is 206 Å². The number of allylic oxidation sites excluding steroid dienone is 4. The number of aliphatic hydroxyl groups is 7. The van der Waals surface area contributed by atoms with Crippen LogP contribution in [0.3, 0.4) is 0 Å². The summed E-state index contributed by atoms with van der Waals surface area (Å²) >= 11 is 0. The summed E-state index contributed by atoms with van der Waals surface area (Å²) in [7, 11) is 6.67. The van der Waals surface area contributed by atoms with Gasteiger partial charge in [-0.15, -0.1) is 0 Å². The van der Waals surface area contributed by atoms with Crippen molar-refractivity contribution >= 4 is 11.9 Å². The number of carbonyl (C=O) groups excluding carboxylic acids is 2. The standard InChI is InChI=1S/C79H134O19/c1-46-24-30-59(80)38-61-21-19-23-64(96-61)43-74(92-17)55(10)70(83)45-72(85)57(12)79(58(13)77(88)49(4)29-33-66-41-68(90-15)37-51(6)94-66)98-76(87)35-27-47(2)25-31-60(81)39-62-20-18-22-63(95-62)42-73(91-16)54(9)69(82)44-71(84)56(11)78(97-75(86)34-26-46)53(8)52(7)48(3)28-32-65-40-67(89-14)36-50(5)93-65/h18-21,24-27,34-35,48-74,77-85,88H,22-23,28-33,36-45H2,1-17H3/b34-26+,35-27+,46-24+,47-25+/t48-,49-,50-,51-,52-,53-,54-,55-,56-,57-,58-,59-,60-,61-,62-,63-,64-,65-,66-,67+,68+,69-,70-,71+,72+,73-,74-,77-,78+,79-/m0/s1. The van der Waals surface area contributed by atoms with E-state index in [4.69, 9.17) is 47.4 Å². The van der Waals surface area contributed by atoms with Gasteiger partial charge in [0.05, 0.1) is 116 Å². The van der Waals surface area contributed by atoms with E-state index in [1.807, 2.05) is 91.8 Å². The number of ether oxygens (including phenoxy) is 10. The second-order valence-corrected chi connectivity index (χ2v) is 30.7. The van der Waals surface area contributed by atoms with Gasteiger partial charge < -0.3 is 83.1 Å². The molecule has 0 unspecified atom stereocenters. The van der Waals surface area contributed by atoms with Crippen LogP contribution >= 0.6 is 0 Å². The SMILES string of the molecule is CO[C@H]1C[C@H](CC[C@H](C)[C@H](C)[C@H](C)[C@H]2OC(=O)/C=C/C(C)=C/C[C@H](O)C[C@@H]3C=CC[C@@H](C[C@H](OC)[C@@H](C)[C@@H](O)C[C@@H](O)[C@H](C)[C@@H]([C@@H](C)[C@@H](O)[C@@H](C)CC[C@H]4C[C@H](OC)C[C@H](C)O4)OC(=O)/C=C/C(C)=C/C[C@H](O)C[C@@H]4C=CC[C@@H](C[C@H](OC)[C@@H](C)[C@@H](O)C[C@@H](O)[C@@H]2C)O4)O3)O[C@@H](C)C1. The molecule has 5 aliphatic rings. The maximum atomic E-state index is 14.0. The monoisotopic (exact) mass is 1390 g/mol. The van der Waals surface area contributed by atoms with Crippen molar-refractivity contribution in [2.24, 2.45) is 53.3 Å². The van der Waals surface area contributed by atoms with Gasteiger partial charge in [0.1, 0.15) is 12.2 Å². The average Bonchev–Trinajstić information content (AvgIpc) is 0.853. The smallest absolute Gasteiger partial charge is 0.331 e. The van der Waals surface area contributed by atoms with Crippen molar-refractivity contribution in [1.82, 2.24) is 0 Å². The van der Waals surface area contributed by atoms with Crippen molar-refractivity contribution < 1.29 is 92.7 Å². The summed E-state index contributed by atoms with van der Waals surface area (Å²) in [6.45, 7) is 25.5. The van der Waals surface area contributed by atoms with Crippen LogP contribution < -0.4 is 0 Å². The summed E-state index contributed by atoms with van der Waals surface area (Å²) in [5.41, 5.74) is 1.45. The van der Waals surface area contributed by atoms with E-state index in [-0.39, 0.29) is 91.8 Å². The van der Waals surface area contributed by atoms with Crippen molar-refractivity contribution in [3.8, 4) is 0 Å². The molecular weight excluding hydrogens is 1250 g/mol. The van der Waals surface area contributed by atoms with Gasteiger partial charge in [-0.05, 0) is 141 Å². The summed E-state index contributed by atoms with van der Waals surface area (Å²) < 4.78 is 61.7. The Kier molecular flexibility index (Phi) is 37.6. The first kappa shape index (κ1) is 85.4. The number of cyclic esters (lactones) is 2. The van der Waals surface area contributed by atoms with Crippen LogP contribution in [0.4, 0.5) is 0 Å². The molecule has 0 aromatic carbocycles. The Morgan fingerprint density at radius 3 is 1.24 bits per heavy atom. The largest absolute Gasteiger partial charge is 0.459 e. The molecule has 0 aliphatic carbocycles. The van der Waals surface area contributed by atoms with Crippen LogP contribution in [0, 0.1) is 53.3 Å². The predicted molar refractivity (Wildman–Crippen MR) is 381 cm³/mol. The van der Waals surface area contributed by atoms with E-state index in [1.165, 1.54) is 12.2 Å². The first-order valence-corrected chi connectivity index (χ1v) is 37.4. The Morgan fingerprint density at radius 2 is 0.847 bits per heavy atom. The van der Waals surface area contributed by atoms with Gasteiger partial charge in [-0.1, -0.05) is 122 Å². The molecule has 2 fully saturated rings. The van der Waals surface area contributed by atoms with E-state index < -0.39 is 121 Å². The zero-order valence-electron chi connectivity index (χ0n) is 62.9. The summed E-state index contributed by atoms with van der Waals surface area (Å²) in [4.78, 5) is 27.9. The first-order chi connectivity index (χ1) is 46.4. The van der Waals surface area contributed by atoms with E-state index in [1.54, 1.807) is 47.5 Å². The molecule has 0 radical (unpaired) electrons. The molecule has 0 aromatic heterocycles. The van der Waals surface area contributed by atoms with Crippen LogP contribution in [0.15, 0.2) is 71.9 Å². The second-order valence-electron chi connectivity index (χ2n) is 30.7. The van der Waals surface area contributed by atoms with Crippen molar-refractivity contribution in [2.45, 2.75) is 334 Å². The van der Waals surface area contributed by atoms with Crippen LogP contribution in [-0.2, 0) is 57.0 Å². The van der Waals surface area contributed by atoms with Crippen molar-refractivity contribution in [3.05, 3.63) is 71.9 Å². The van der Waals surface area contributed by atoms with Gasteiger partial charge in [0, 0.05) is 95.9 Å². The average molecular weight is 1390 g/mol. The van der Waals surface area contributed by atoms with Crippen molar-refractivity contribution in [1.29, 1.82) is 0 Å². The zero-order chi connectivity index (χ0) is 72.5. The van der Waals surface area contributed by atoms with Gasteiger partial charge in [0.15, 0.2) is 0 Å². The van der Waals surface area contributed by atoms with Crippen LogP contribution in [-0.4, -0.2) is 204 Å². The number of aliphatic hydroxyl groups excluding tert-OH is 7. The van der Waals surface area contributed by atoms with Crippen LogP contribution in [0.5, 0.6) is 0 Å². The number of fused-ring (bicyclic) bond motifs is 4. The molecule has 7 N–H and O–H groups in total. The minimum Gasteiger partial charge on any atom is -0.459 e. The van der Waals surface area contributed by atoms with Crippen LogP contribution in [0.25, 0.3) is 0 Å². The lowest BCUT2D eigenvalue weighted by atomic mass is 9.74. The van der Waals surface area contributed by atoms with Gasteiger partial charge in [0.25, 0.3) is 0 Å². The molecule has 30 atom stereocenters. The molecule has 19 heteroatoms. The Hall–Kier alpha value is -3.22. The highest BCUT2D eigenvalue weighted by atomic mass is 16.6. The predicted octanol–water partition coefficient (Wildman–Crippen LogP) is 11.4. The number of hydrogen-bond donors (Lipinski definition) is 7. The topological polar surface area (TPSA) is 268 Å². The molecule has 4 bridgehead atoms. The highest BCUT2D eigenvalue weighted by Gasteiger charge is 2.42. The fourth-order valence-corrected chi connectivity index (χ4v) is 15.5. The van der Waals surface area contributed by atoms with E-state index in [9.17, 15) is 45.3 Å². The number of methoxy groups -OCH3 is 4. The highest BCUT2D eigenvalue weighted by Crippen LogP contribution is 2.38. The normalized spacial score (nSPS) is 41.1. The Morgan fingerprint density at radius 1 is 0.459 bits per heavy atom. The molecule has 0 spiro atoms. The summed E-state index contributed by atoms with van der Waals surface area (Å²) in [6, 6.07) is 0. The third kappa shape index (κ3) is 28.1. The van der Waals surface area contributed by atoms with E-state index in [0.717, 1.165) is 44.1 Å². The van der Waals surface area contributed by atoms with Gasteiger partial charge in [-0.25, -0.2) is 9.59 Å². The minimum atomic E-state index is -1.16. The molecular formula is C79H134O19. The molecule has 5 heterocycles. The summed E-state index contributed by atoms with van der Waals surface area (Å²) in [5.74, 6) is -4.19. The van der Waals surface area contributed by atoms with Gasteiger partial charge in [-0.3, -0.25) is 0 Å². The van der Waals surface area contributed by atoms with Crippen molar-refractivity contribution in [2.75, 3.05) is 28.4 Å². The quantitative estimate of drug-likeness (QED) is 0.0559. The van der Waals surface area contributed by atoms with E-state index >= 15 is 0 Å². The lowest BCUT2D eigenvalue weighted by Crippen LogP contribution is -2.45. The molecule has 2 saturated heterocycles. The van der Waals surface area contributed by atoms with Gasteiger partial charge in [-0.2, -0.15) is 0 Å². The summed E-state index contributed by atoms with van der Waals surface area (Å²) in [6.07, 6.45) is 17.0. The fraction of sp³-hybridized carbons (Fsp3) is 0.823. The minimum absolute atomic E-state index is 0.00763.